The average Bonchev–Trinajstić information content (AvgIpc) is 2.58. The minimum atomic E-state index is 0.549. The lowest BCUT2D eigenvalue weighted by Gasteiger charge is -2.08. The van der Waals surface area contributed by atoms with Crippen molar-refractivity contribution in [2.24, 2.45) is 11.7 Å². The molecule has 80 valence electrons. The second kappa shape index (κ2) is 5.83. The molecule has 1 rings (SSSR count). The Bertz CT molecular complexity index is 258. The summed E-state index contributed by atoms with van der Waals surface area (Å²) >= 11 is 0. The van der Waals surface area contributed by atoms with Crippen LogP contribution in [-0.4, -0.2) is 19.6 Å². The predicted molar refractivity (Wildman–Crippen MR) is 58.2 cm³/mol. The quantitative estimate of drug-likeness (QED) is 0.675. The molecule has 1 aromatic rings. The van der Waals surface area contributed by atoms with E-state index in [1.54, 1.807) is 0 Å². The first-order valence-corrected chi connectivity index (χ1v) is 5.18. The monoisotopic (exact) mass is 196 g/mol. The van der Waals surface area contributed by atoms with Gasteiger partial charge < -0.3 is 15.5 Å². The minimum absolute atomic E-state index is 0.549. The van der Waals surface area contributed by atoms with Crippen molar-refractivity contribution < 1.29 is 4.42 Å². The van der Waals surface area contributed by atoms with E-state index in [4.69, 9.17) is 10.2 Å². The Kier molecular flexibility index (Phi) is 4.70. The molecule has 1 atom stereocenters. The average molecular weight is 196 g/mol. The maximum absolute atomic E-state index is 5.51. The minimum Gasteiger partial charge on any atom is -0.466 e. The van der Waals surface area contributed by atoms with E-state index in [1.165, 1.54) is 0 Å². The molecule has 3 heteroatoms. The van der Waals surface area contributed by atoms with Gasteiger partial charge in [0.15, 0.2) is 0 Å². The van der Waals surface area contributed by atoms with Gasteiger partial charge in [0.2, 0.25) is 0 Å². The van der Waals surface area contributed by atoms with Crippen molar-refractivity contribution in [2.45, 2.75) is 20.3 Å². The molecule has 3 N–H and O–H groups in total. The van der Waals surface area contributed by atoms with Gasteiger partial charge in [-0.1, -0.05) is 6.92 Å². The summed E-state index contributed by atoms with van der Waals surface area (Å²) in [5, 5.41) is 3.35. The highest BCUT2D eigenvalue weighted by atomic mass is 16.3. The third-order valence-electron chi connectivity index (χ3n) is 2.24. The van der Waals surface area contributed by atoms with E-state index in [1.807, 2.05) is 19.1 Å². The van der Waals surface area contributed by atoms with E-state index in [9.17, 15) is 0 Å². The maximum Gasteiger partial charge on any atom is 0.105 e. The molecule has 0 saturated heterocycles. The third-order valence-corrected chi connectivity index (χ3v) is 2.24. The predicted octanol–water partition coefficient (Wildman–Crippen LogP) is 1.31. The Morgan fingerprint density at radius 1 is 1.50 bits per heavy atom. The number of aryl methyl sites for hydroxylation is 1. The molecular formula is C11H20N2O. The van der Waals surface area contributed by atoms with Crippen molar-refractivity contribution in [1.29, 1.82) is 0 Å². The number of nitrogens with one attached hydrogen (secondary N) is 1. The first-order valence-electron chi connectivity index (χ1n) is 5.18. The smallest absolute Gasteiger partial charge is 0.105 e. The summed E-state index contributed by atoms with van der Waals surface area (Å²) in [6.07, 6.45) is 0.950. The van der Waals surface area contributed by atoms with Crippen LogP contribution in [0.1, 0.15) is 18.4 Å². The second-order valence-electron chi connectivity index (χ2n) is 3.81. The zero-order valence-corrected chi connectivity index (χ0v) is 9.05. The lowest BCUT2D eigenvalue weighted by molar-refractivity contribution is 0.464. The highest BCUT2D eigenvalue weighted by molar-refractivity contribution is 5.05. The van der Waals surface area contributed by atoms with E-state index in [0.29, 0.717) is 5.92 Å². The van der Waals surface area contributed by atoms with Gasteiger partial charge in [0.25, 0.3) is 0 Å². The molecule has 1 aromatic heterocycles. The Morgan fingerprint density at radius 2 is 2.29 bits per heavy atom. The van der Waals surface area contributed by atoms with Crippen molar-refractivity contribution in [3.8, 4) is 0 Å². The van der Waals surface area contributed by atoms with Gasteiger partial charge in [-0.25, -0.2) is 0 Å². The van der Waals surface area contributed by atoms with Crippen molar-refractivity contribution in [2.75, 3.05) is 19.6 Å². The first kappa shape index (κ1) is 11.3. The number of furan rings is 1. The van der Waals surface area contributed by atoms with Crippen LogP contribution < -0.4 is 11.1 Å². The standard InChI is InChI=1S/C11H20N2O/c1-9(7-12)8-13-6-5-11-4-3-10(2)14-11/h3-4,9,13H,5-8,12H2,1-2H3. The lowest BCUT2D eigenvalue weighted by atomic mass is 10.2. The van der Waals surface area contributed by atoms with E-state index in [2.05, 4.69) is 12.2 Å². The maximum atomic E-state index is 5.51. The molecule has 0 saturated carbocycles. The van der Waals surface area contributed by atoms with Gasteiger partial charge >= 0.3 is 0 Å². The first-order chi connectivity index (χ1) is 6.72. The molecule has 3 nitrogen and oxygen atoms in total. The van der Waals surface area contributed by atoms with Crippen LogP contribution in [0, 0.1) is 12.8 Å². The summed E-state index contributed by atoms with van der Waals surface area (Å²) in [6, 6.07) is 4.03. The van der Waals surface area contributed by atoms with Gasteiger partial charge in [-0.3, -0.25) is 0 Å². The van der Waals surface area contributed by atoms with E-state index < -0.39 is 0 Å². The van der Waals surface area contributed by atoms with Crippen LogP contribution in [0.4, 0.5) is 0 Å². The summed E-state index contributed by atoms with van der Waals surface area (Å²) < 4.78 is 5.45. The van der Waals surface area contributed by atoms with Crippen LogP contribution in [0.5, 0.6) is 0 Å². The third kappa shape index (κ3) is 3.94. The Balaban J connectivity index is 2.10. The summed E-state index contributed by atoms with van der Waals surface area (Å²) in [7, 11) is 0. The van der Waals surface area contributed by atoms with Crippen LogP contribution >= 0.6 is 0 Å². The van der Waals surface area contributed by atoms with Crippen LogP contribution in [0.3, 0.4) is 0 Å². The SMILES string of the molecule is Cc1ccc(CCNCC(C)CN)o1. The molecule has 0 aliphatic heterocycles. The lowest BCUT2D eigenvalue weighted by Crippen LogP contribution is -2.27. The van der Waals surface area contributed by atoms with E-state index in [-0.39, 0.29) is 0 Å². The molecular weight excluding hydrogens is 176 g/mol. The molecule has 0 spiro atoms. The zero-order chi connectivity index (χ0) is 10.4. The van der Waals surface area contributed by atoms with Crippen molar-refractivity contribution in [1.82, 2.24) is 5.32 Å². The van der Waals surface area contributed by atoms with Crippen molar-refractivity contribution in [3.63, 3.8) is 0 Å². The van der Waals surface area contributed by atoms with Crippen LogP contribution in [-0.2, 0) is 6.42 Å². The number of rotatable bonds is 6. The van der Waals surface area contributed by atoms with Gasteiger partial charge in [0.05, 0.1) is 0 Å². The van der Waals surface area contributed by atoms with Crippen LogP contribution in [0.15, 0.2) is 16.5 Å². The molecule has 14 heavy (non-hydrogen) atoms. The van der Waals surface area contributed by atoms with Gasteiger partial charge in [-0.15, -0.1) is 0 Å². The fourth-order valence-corrected chi connectivity index (χ4v) is 1.26. The Labute approximate surface area is 85.7 Å². The fraction of sp³-hybridized carbons (Fsp3) is 0.636. The summed E-state index contributed by atoms with van der Waals surface area (Å²) in [5.74, 6) is 2.58. The summed E-state index contributed by atoms with van der Waals surface area (Å²) in [5.41, 5.74) is 5.51. The largest absolute Gasteiger partial charge is 0.466 e. The van der Waals surface area contributed by atoms with Gasteiger partial charge in [-0.05, 0) is 38.1 Å². The zero-order valence-electron chi connectivity index (χ0n) is 9.05. The van der Waals surface area contributed by atoms with Crippen molar-refractivity contribution >= 4 is 0 Å². The molecule has 0 fully saturated rings. The van der Waals surface area contributed by atoms with Gasteiger partial charge in [-0.2, -0.15) is 0 Å². The Morgan fingerprint density at radius 3 is 2.86 bits per heavy atom. The number of nitrogens with two attached hydrogens (primary N) is 1. The topological polar surface area (TPSA) is 51.2 Å². The normalized spacial score (nSPS) is 13.1. The van der Waals surface area contributed by atoms with Gasteiger partial charge in [0.1, 0.15) is 11.5 Å². The van der Waals surface area contributed by atoms with Crippen LogP contribution in [0.25, 0.3) is 0 Å². The van der Waals surface area contributed by atoms with Gasteiger partial charge in [0, 0.05) is 13.0 Å². The second-order valence-corrected chi connectivity index (χ2v) is 3.81. The van der Waals surface area contributed by atoms with Crippen LogP contribution in [0.2, 0.25) is 0 Å². The molecule has 0 aromatic carbocycles. The van der Waals surface area contributed by atoms with E-state index >= 15 is 0 Å². The molecule has 0 bridgehead atoms. The number of hydrogen-bond donors (Lipinski definition) is 2. The number of hydrogen-bond acceptors (Lipinski definition) is 3. The highest BCUT2D eigenvalue weighted by Crippen LogP contribution is 2.05. The highest BCUT2D eigenvalue weighted by Gasteiger charge is 2.00. The molecule has 0 amide bonds. The van der Waals surface area contributed by atoms with E-state index in [0.717, 1.165) is 37.6 Å². The Hall–Kier alpha value is -0.800. The molecule has 1 unspecified atom stereocenters. The molecule has 0 radical (unpaired) electrons. The summed E-state index contributed by atoms with van der Waals surface area (Å²) in [4.78, 5) is 0. The molecule has 0 aliphatic rings. The fourth-order valence-electron chi connectivity index (χ4n) is 1.26. The molecule has 0 aliphatic carbocycles. The van der Waals surface area contributed by atoms with Crippen molar-refractivity contribution in [3.05, 3.63) is 23.7 Å². The molecule has 1 heterocycles. The summed E-state index contributed by atoms with van der Waals surface area (Å²) in [6.45, 7) is 6.79.